The molecule has 1 amide bonds. The predicted octanol–water partition coefficient (Wildman–Crippen LogP) is 2.90. The minimum atomic E-state index is -1.16. The van der Waals surface area contributed by atoms with E-state index in [9.17, 15) is 19.5 Å². The number of hydrogen-bond donors (Lipinski definition) is 2. The summed E-state index contributed by atoms with van der Waals surface area (Å²) in [5, 5.41) is 16.4. The molecule has 8 nitrogen and oxygen atoms in total. The molecule has 0 bridgehead atoms. The highest BCUT2D eigenvalue weighted by molar-refractivity contribution is 7.17. The molecule has 1 aliphatic rings. The van der Waals surface area contributed by atoms with Crippen LogP contribution in [-0.4, -0.2) is 39.3 Å². The second kappa shape index (κ2) is 7.91. The lowest BCUT2D eigenvalue weighted by Crippen LogP contribution is -2.27. The highest BCUT2D eigenvalue weighted by Crippen LogP contribution is 2.38. The van der Waals surface area contributed by atoms with E-state index in [4.69, 9.17) is 4.74 Å². The fourth-order valence-electron chi connectivity index (χ4n) is 3.19. The molecule has 144 valence electrons. The van der Waals surface area contributed by atoms with Crippen LogP contribution < -0.4 is 5.32 Å². The first-order chi connectivity index (χ1) is 12.9. The average Bonchev–Trinajstić information content (AvgIpc) is 3.25. The number of anilines is 1. The van der Waals surface area contributed by atoms with Gasteiger partial charge in [0.2, 0.25) is 5.91 Å². The molecule has 1 atom stereocenters. The minimum Gasteiger partial charge on any atom is -0.477 e. The average molecular weight is 391 g/mol. The Bertz CT molecular complexity index is 886. The number of carboxylic acids is 1. The number of amides is 1. The maximum atomic E-state index is 12.7. The van der Waals surface area contributed by atoms with Gasteiger partial charge in [-0.25, -0.2) is 14.3 Å². The molecule has 0 radical (unpaired) electrons. The lowest BCUT2D eigenvalue weighted by Gasteiger charge is -2.15. The third kappa shape index (κ3) is 3.73. The van der Waals surface area contributed by atoms with Crippen molar-refractivity contribution >= 4 is 34.2 Å². The molecule has 0 fully saturated rings. The maximum absolute atomic E-state index is 12.7. The number of aryl methyl sites for hydroxylation is 1. The zero-order chi connectivity index (χ0) is 19.6. The van der Waals surface area contributed by atoms with Gasteiger partial charge in [-0.1, -0.05) is 0 Å². The molecule has 0 spiro atoms. The number of nitrogens with zero attached hydrogens (tertiary/aromatic N) is 2. The Balaban J connectivity index is 1.89. The van der Waals surface area contributed by atoms with Crippen LogP contribution in [0.1, 0.15) is 64.0 Å². The number of esters is 1. The normalized spacial score (nSPS) is 14.3. The van der Waals surface area contributed by atoms with Gasteiger partial charge in [0.25, 0.3) is 0 Å². The molecular weight excluding hydrogens is 370 g/mol. The molecule has 27 heavy (non-hydrogen) atoms. The second-order valence-corrected chi connectivity index (χ2v) is 7.37. The maximum Gasteiger partial charge on any atom is 0.354 e. The zero-order valence-corrected chi connectivity index (χ0v) is 16.0. The molecule has 1 aliphatic carbocycles. The third-order valence-electron chi connectivity index (χ3n) is 4.52. The number of carbonyl (C=O) groups excluding carboxylic acids is 2. The van der Waals surface area contributed by atoms with E-state index in [0.717, 1.165) is 40.8 Å². The van der Waals surface area contributed by atoms with Gasteiger partial charge in [0.1, 0.15) is 16.7 Å². The lowest BCUT2D eigenvalue weighted by molar-refractivity contribution is -0.119. The minimum absolute atomic E-state index is 0.0752. The number of thiophene rings is 1. The van der Waals surface area contributed by atoms with Crippen LogP contribution in [0.4, 0.5) is 5.00 Å². The summed E-state index contributed by atoms with van der Waals surface area (Å²) in [5.41, 5.74) is 1.31. The quantitative estimate of drug-likeness (QED) is 0.733. The summed E-state index contributed by atoms with van der Waals surface area (Å²) in [6, 6.07) is 0.486. The molecule has 0 saturated carbocycles. The van der Waals surface area contributed by atoms with Crippen molar-refractivity contribution in [3.63, 3.8) is 0 Å². The summed E-state index contributed by atoms with van der Waals surface area (Å²) in [4.78, 5) is 37.5. The number of nitrogens with one attached hydrogen (secondary N) is 1. The predicted molar refractivity (Wildman–Crippen MR) is 99.4 cm³/mol. The van der Waals surface area contributed by atoms with Crippen LogP contribution in [0.25, 0.3) is 0 Å². The molecule has 1 unspecified atom stereocenters. The Kier molecular flexibility index (Phi) is 5.59. The van der Waals surface area contributed by atoms with E-state index in [1.165, 1.54) is 23.6 Å². The van der Waals surface area contributed by atoms with Crippen LogP contribution in [0.3, 0.4) is 0 Å². The van der Waals surface area contributed by atoms with Crippen molar-refractivity contribution in [2.24, 2.45) is 0 Å². The van der Waals surface area contributed by atoms with E-state index in [1.807, 2.05) is 0 Å². The van der Waals surface area contributed by atoms with Crippen LogP contribution in [0, 0.1) is 0 Å². The van der Waals surface area contributed by atoms with Crippen LogP contribution in [0.5, 0.6) is 0 Å². The fourth-order valence-corrected chi connectivity index (χ4v) is 4.47. The molecule has 2 heterocycles. The summed E-state index contributed by atoms with van der Waals surface area (Å²) in [6.07, 6.45) is 5.04. The zero-order valence-electron chi connectivity index (χ0n) is 15.2. The molecule has 2 N–H and O–H groups in total. The van der Waals surface area contributed by atoms with E-state index < -0.39 is 23.9 Å². The van der Waals surface area contributed by atoms with E-state index >= 15 is 0 Å². The van der Waals surface area contributed by atoms with Crippen molar-refractivity contribution in [2.75, 3.05) is 11.9 Å². The monoisotopic (exact) mass is 391 g/mol. The van der Waals surface area contributed by atoms with E-state index in [-0.39, 0.29) is 12.3 Å². The summed E-state index contributed by atoms with van der Waals surface area (Å²) in [6.45, 7) is 3.55. The first kappa shape index (κ1) is 19.1. The number of aromatic carboxylic acids is 1. The number of hydrogen-bond acceptors (Lipinski definition) is 6. The van der Waals surface area contributed by atoms with Crippen LogP contribution in [0.15, 0.2) is 12.3 Å². The summed E-state index contributed by atoms with van der Waals surface area (Å²) in [7, 11) is 0. The first-order valence-electron chi connectivity index (χ1n) is 8.83. The Morgan fingerprint density at radius 3 is 2.81 bits per heavy atom. The summed E-state index contributed by atoms with van der Waals surface area (Å²) >= 11 is 1.39. The van der Waals surface area contributed by atoms with Crippen molar-refractivity contribution in [3.05, 3.63) is 34.0 Å². The Morgan fingerprint density at radius 2 is 2.11 bits per heavy atom. The SMILES string of the molecule is CCOC(=O)c1c(NC(=O)C(C)n2nccc2C(=O)O)sc2c1CCCC2. The molecule has 0 saturated heterocycles. The molecular formula is C18H21N3O5S. The van der Waals surface area contributed by atoms with Gasteiger partial charge in [0.15, 0.2) is 0 Å². The van der Waals surface area contributed by atoms with Crippen molar-refractivity contribution in [3.8, 4) is 0 Å². The van der Waals surface area contributed by atoms with Gasteiger partial charge < -0.3 is 15.2 Å². The molecule has 2 aromatic rings. The van der Waals surface area contributed by atoms with Gasteiger partial charge in [0.05, 0.1) is 12.2 Å². The number of rotatable bonds is 6. The van der Waals surface area contributed by atoms with Gasteiger partial charge in [0, 0.05) is 11.1 Å². The molecule has 3 rings (SSSR count). The van der Waals surface area contributed by atoms with Gasteiger partial charge in [-0.2, -0.15) is 5.10 Å². The standard InChI is InChI=1S/C18H21N3O5S/c1-3-26-18(25)14-11-6-4-5-7-13(11)27-16(14)20-15(22)10(2)21-12(17(23)24)8-9-19-21/h8-10H,3-7H2,1-2H3,(H,20,22)(H,23,24). The van der Waals surface area contributed by atoms with Gasteiger partial charge in [-0.05, 0) is 51.2 Å². The number of ether oxygens (including phenoxy) is 1. The molecule has 0 aliphatic heterocycles. The van der Waals surface area contributed by atoms with Crippen molar-refractivity contribution in [2.45, 2.75) is 45.6 Å². The van der Waals surface area contributed by atoms with Crippen molar-refractivity contribution in [1.82, 2.24) is 9.78 Å². The Labute approximate surface area is 160 Å². The van der Waals surface area contributed by atoms with E-state index in [2.05, 4.69) is 10.4 Å². The van der Waals surface area contributed by atoms with Crippen molar-refractivity contribution in [1.29, 1.82) is 0 Å². The van der Waals surface area contributed by atoms with Gasteiger partial charge >= 0.3 is 11.9 Å². The van der Waals surface area contributed by atoms with Gasteiger partial charge in [-0.3, -0.25) is 4.79 Å². The van der Waals surface area contributed by atoms with Gasteiger partial charge in [-0.15, -0.1) is 11.3 Å². The number of carbonyl (C=O) groups is 3. The smallest absolute Gasteiger partial charge is 0.354 e. The molecule has 2 aromatic heterocycles. The largest absolute Gasteiger partial charge is 0.477 e. The highest BCUT2D eigenvalue weighted by atomic mass is 32.1. The Morgan fingerprint density at radius 1 is 1.37 bits per heavy atom. The van der Waals surface area contributed by atoms with Crippen LogP contribution >= 0.6 is 11.3 Å². The second-order valence-electron chi connectivity index (χ2n) is 6.27. The number of fused-ring (bicyclic) bond motifs is 1. The summed E-state index contributed by atoms with van der Waals surface area (Å²) < 4.78 is 6.33. The fraction of sp³-hybridized carbons (Fsp3) is 0.444. The molecule has 9 heteroatoms. The number of carboxylic acid groups (broad SMARTS) is 1. The van der Waals surface area contributed by atoms with Crippen LogP contribution in [0.2, 0.25) is 0 Å². The van der Waals surface area contributed by atoms with E-state index in [0.29, 0.717) is 10.6 Å². The van der Waals surface area contributed by atoms with E-state index in [1.54, 1.807) is 13.8 Å². The topological polar surface area (TPSA) is 111 Å². The summed E-state index contributed by atoms with van der Waals surface area (Å²) in [5.74, 6) is -2.04. The third-order valence-corrected chi connectivity index (χ3v) is 5.73. The first-order valence-corrected chi connectivity index (χ1v) is 9.65. The highest BCUT2D eigenvalue weighted by Gasteiger charge is 2.29. The lowest BCUT2D eigenvalue weighted by atomic mass is 9.95. The molecule has 0 aromatic carbocycles. The number of aromatic nitrogens is 2. The van der Waals surface area contributed by atoms with Crippen LogP contribution in [-0.2, 0) is 22.4 Å². The Hall–Kier alpha value is -2.68. The van der Waals surface area contributed by atoms with Crippen molar-refractivity contribution < 1.29 is 24.2 Å².